The minimum Gasteiger partial charge on any atom is -0.490 e. The molecule has 1 saturated carbocycles. The van der Waals surface area contributed by atoms with Gasteiger partial charge in [-0.2, -0.15) is 0 Å². The molecule has 0 radical (unpaired) electrons. The van der Waals surface area contributed by atoms with Crippen LogP contribution in [0.15, 0.2) is 12.1 Å². The molecule has 0 spiro atoms. The molecule has 3 heteroatoms. The van der Waals surface area contributed by atoms with Crippen molar-refractivity contribution in [3.8, 4) is 5.75 Å². The van der Waals surface area contributed by atoms with Crippen molar-refractivity contribution in [1.82, 2.24) is 5.32 Å². The van der Waals surface area contributed by atoms with Crippen molar-refractivity contribution < 1.29 is 9.13 Å². The van der Waals surface area contributed by atoms with Crippen LogP contribution in [0.25, 0.3) is 0 Å². The Hall–Kier alpha value is -1.09. The Morgan fingerprint density at radius 3 is 2.48 bits per heavy atom. The van der Waals surface area contributed by atoms with E-state index in [9.17, 15) is 4.39 Å². The minimum absolute atomic E-state index is 0.0788. The second-order valence-electron chi connectivity index (χ2n) is 7.13. The summed E-state index contributed by atoms with van der Waals surface area (Å²) in [5, 5.41) is 3.17. The summed E-state index contributed by atoms with van der Waals surface area (Å²) < 4.78 is 20.1. The summed E-state index contributed by atoms with van der Waals surface area (Å²) in [4.78, 5) is 0. The van der Waals surface area contributed by atoms with Gasteiger partial charge in [-0.3, -0.25) is 0 Å². The summed E-state index contributed by atoms with van der Waals surface area (Å²) in [7, 11) is 1.88. The largest absolute Gasteiger partial charge is 0.490 e. The Labute approximate surface area is 128 Å². The molecule has 21 heavy (non-hydrogen) atoms. The highest BCUT2D eigenvalue weighted by molar-refractivity contribution is 5.40. The highest BCUT2D eigenvalue weighted by atomic mass is 19.1. The monoisotopic (exact) mass is 293 g/mol. The van der Waals surface area contributed by atoms with E-state index in [1.165, 1.54) is 12.8 Å². The maximum absolute atomic E-state index is 13.9. The van der Waals surface area contributed by atoms with Gasteiger partial charge in [-0.15, -0.1) is 0 Å². The third kappa shape index (κ3) is 3.97. The van der Waals surface area contributed by atoms with Crippen LogP contribution in [0.1, 0.15) is 63.6 Å². The molecular weight excluding hydrogens is 265 g/mol. The van der Waals surface area contributed by atoms with Gasteiger partial charge >= 0.3 is 0 Å². The Morgan fingerprint density at radius 1 is 1.29 bits per heavy atom. The molecule has 2 rings (SSSR count). The van der Waals surface area contributed by atoms with E-state index in [1.54, 1.807) is 13.0 Å². The van der Waals surface area contributed by atoms with Crippen LogP contribution in [0.4, 0.5) is 4.39 Å². The van der Waals surface area contributed by atoms with Crippen molar-refractivity contribution in [2.24, 2.45) is 5.41 Å². The summed E-state index contributed by atoms with van der Waals surface area (Å²) in [6.45, 7) is 8.46. The average molecular weight is 293 g/mol. The second-order valence-corrected chi connectivity index (χ2v) is 7.13. The topological polar surface area (TPSA) is 21.3 Å². The van der Waals surface area contributed by atoms with Crippen molar-refractivity contribution >= 4 is 0 Å². The molecule has 0 aromatic heterocycles. The highest BCUT2D eigenvalue weighted by Crippen LogP contribution is 2.38. The van der Waals surface area contributed by atoms with E-state index in [0.717, 1.165) is 24.2 Å². The van der Waals surface area contributed by atoms with Gasteiger partial charge in [0.25, 0.3) is 0 Å². The molecule has 2 nitrogen and oxygen atoms in total. The lowest BCUT2D eigenvalue weighted by molar-refractivity contribution is 0.0973. The molecule has 0 amide bonds. The fourth-order valence-electron chi connectivity index (χ4n) is 2.94. The molecule has 0 heterocycles. The predicted molar refractivity (Wildman–Crippen MR) is 85.3 cm³/mol. The number of benzene rings is 1. The van der Waals surface area contributed by atoms with Crippen LogP contribution in [0, 0.1) is 18.2 Å². The van der Waals surface area contributed by atoms with Gasteiger partial charge in [-0.25, -0.2) is 4.39 Å². The zero-order valence-electron chi connectivity index (χ0n) is 13.9. The molecule has 1 aromatic rings. The molecule has 1 aromatic carbocycles. The quantitative estimate of drug-likeness (QED) is 0.864. The van der Waals surface area contributed by atoms with Gasteiger partial charge in [0.2, 0.25) is 0 Å². The van der Waals surface area contributed by atoms with Crippen LogP contribution in [0.5, 0.6) is 5.75 Å². The first-order valence-corrected chi connectivity index (χ1v) is 7.96. The molecule has 1 atom stereocenters. The highest BCUT2D eigenvalue weighted by Gasteiger charge is 2.28. The SMILES string of the molecule is CNC(C)c1cc(F)c(C)cc1OC1CCC(C)(C)CC1. The number of halogens is 1. The summed E-state index contributed by atoms with van der Waals surface area (Å²) in [5.41, 5.74) is 1.98. The molecule has 1 aliphatic carbocycles. The lowest BCUT2D eigenvalue weighted by Crippen LogP contribution is -2.29. The van der Waals surface area contributed by atoms with Gasteiger partial charge in [0.05, 0.1) is 6.10 Å². The van der Waals surface area contributed by atoms with Gasteiger partial charge in [0, 0.05) is 11.6 Å². The molecule has 1 fully saturated rings. The molecule has 1 aliphatic rings. The molecule has 1 unspecified atom stereocenters. The maximum atomic E-state index is 13.9. The van der Waals surface area contributed by atoms with Gasteiger partial charge in [0.1, 0.15) is 11.6 Å². The molecule has 0 bridgehead atoms. The van der Waals surface area contributed by atoms with Gasteiger partial charge in [-0.05, 0) is 69.7 Å². The van der Waals surface area contributed by atoms with Crippen molar-refractivity contribution in [2.75, 3.05) is 7.05 Å². The maximum Gasteiger partial charge on any atom is 0.126 e. The van der Waals surface area contributed by atoms with Crippen LogP contribution in [-0.4, -0.2) is 13.2 Å². The molecule has 1 N–H and O–H groups in total. The Kier molecular flexibility index (Phi) is 4.92. The van der Waals surface area contributed by atoms with Gasteiger partial charge in [-0.1, -0.05) is 13.8 Å². The number of rotatable bonds is 4. The number of aryl methyl sites for hydroxylation is 1. The number of ether oxygens (including phenoxy) is 1. The predicted octanol–water partition coefficient (Wildman–Crippen LogP) is 4.76. The van der Waals surface area contributed by atoms with E-state index < -0.39 is 0 Å². The first kappa shape index (κ1) is 16.3. The minimum atomic E-state index is -0.163. The summed E-state index contributed by atoms with van der Waals surface area (Å²) >= 11 is 0. The van der Waals surface area contributed by atoms with E-state index in [0.29, 0.717) is 11.0 Å². The van der Waals surface area contributed by atoms with E-state index in [4.69, 9.17) is 4.74 Å². The van der Waals surface area contributed by atoms with E-state index in [2.05, 4.69) is 19.2 Å². The average Bonchev–Trinajstić information content (AvgIpc) is 2.44. The fraction of sp³-hybridized carbons (Fsp3) is 0.667. The lowest BCUT2D eigenvalue weighted by atomic mass is 9.76. The summed E-state index contributed by atoms with van der Waals surface area (Å²) in [6, 6.07) is 3.53. The lowest BCUT2D eigenvalue weighted by Gasteiger charge is -2.35. The third-order valence-electron chi connectivity index (χ3n) is 4.77. The third-order valence-corrected chi connectivity index (χ3v) is 4.77. The van der Waals surface area contributed by atoms with Crippen molar-refractivity contribution in [1.29, 1.82) is 0 Å². The normalized spacial score (nSPS) is 20.3. The van der Waals surface area contributed by atoms with Crippen LogP contribution in [0.3, 0.4) is 0 Å². The van der Waals surface area contributed by atoms with Crippen molar-refractivity contribution in [3.05, 3.63) is 29.1 Å². The van der Waals surface area contributed by atoms with E-state index in [1.807, 2.05) is 20.0 Å². The van der Waals surface area contributed by atoms with E-state index >= 15 is 0 Å². The molecular formula is C18H28FNO. The number of hydrogen-bond acceptors (Lipinski definition) is 2. The van der Waals surface area contributed by atoms with Crippen LogP contribution in [-0.2, 0) is 0 Å². The first-order valence-electron chi connectivity index (χ1n) is 7.96. The summed E-state index contributed by atoms with van der Waals surface area (Å²) in [5.74, 6) is 0.671. The zero-order chi connectivity index (χ0) is 15.6. The Balaban J connectivity index is 2.17. The van der Waals surface area contributed by atoms with Gasteiger partial charge in [0.15, 0.2) is 0 Å². The molecule has 0 saturated heterocycles. The van der Waals surface area contributed by atoms with Gasteiger partial charge < -0.3 is 10.1 Å². The smallest absolute Gasteiger partial charge is 0.126 e. The fourth-order valence-corrected chi connectivity index (χ4v) is 2.94. The van der Waals surface area contributed by atoms with Crippen molar-refractivity contribution in [3.63, 3.8) is 0 Å². The zero-order valence-corrected chi connectivity index (χ0v) is 13.9. The van der Waals surface area contributed by atoms with Crippen LogP contribution >= 0.6 is 0 Å². The number of nitrogens with one attached hydrogen (secondary N) is 1. The van der Waals surface area contributed by atoms with E-state index in [-0.39, 0.29) is 18.0 Å². The second kappa shape index (κ2) is 6.35. The van der Waals surface area contributed by atoms with Crippen LogP contribution in [0.2, 0.25) is 0 Å². The first-order chi connectivity index (χ1) is 9.82. The summed E-state index contributed by atoms with van der Waals surface area (Å²) in [6.07, 6.45) is 4.79. The Bertz CT molecular complexity index is 488. The number of hydrogen-bond donors (Lipinski definition) is 1. The van der Waals surface area contributed by atoms with Crippen molar-refractivity contribution in [2.45, 2.75) is 65.5 Å². The van der Waals surface area contributed by atoms with Crippen LogP contribution < -0.4 is 10.1 Å². The molecule has 0 aliphatic heterocycles. The molecule has 118 valence electrons. The Morgan fingerprint density at radius 2 is 1.90 bits per heavy atom. The standard InChI is InChI=1S/C18H28FNO/c1-12-10-17(15(11-16(12)19)13(2)20-5)21-14-6-8-18(3,4)9-7-14/h10-11,13-14,20H,6-9H2,1-5H3.